The molecule has 0 N–H and O–H groups in total. The van der Waals surface area contributed by atoms with Gasteiger partial charge in [-0.15, -0.1) is 0 Å². The van der Waals surface area contributed by atoms with Gasteiger partial charge < -0.3 is 4.90 Å². The molecule has 2 nitrogen and oxygen atoms in total. The quantitative estimate of drug-likeness (QED) is 0.615. The van der Waals surface area contributed by atoms with E-state index in [-0.39, 0.29) is 5.78 Å². The number of rotatable bonds is 4. The van der Waals surface area contributed by atoms with Gasteiger partial charge in [0.25, 0.3) is 0 Å². The molecule has 1 heterocycles. The monoisotopic (exact) mass is 291 g/mol. The van der Waals surface area contributed by atoms with E-state index in [1.165, 1.54) is 19.3 Å². The molecule has 0 saturated carbocycles. The standard InChI is InChI=1S/C20H21NO/c22-20(18-12-6-2-7-13-18)16-19(17-10-4-1-5-11-17)21-14-8-3-9-15-21/h1-2,4-7,10-13,16H,3,8-9,14-15H2/b19-16-. The highest BCUT2D eigenvalue weighted by Gasteiger charge is 2.16. The molecule has 0 radical (unpaired) electrons. The van der Waals surface area contributed by atoms with Gasteiger partial charge in [0.05, 0.1) is 0 Å². The molecule has 1 aliphatic rings. The maximum atomic E-state index is 12.6. The predicted molar refractivity (Wildman–Crippen MR) is 90.6 cm³/mol. The van der Waals surface area contributed by atoms with E-state index in [2.05, 4.69) is 17.0 Å². The number of allylic oxidation sites excluding steroid dienone is 1. The first-order valence-corrected chi connectivity index (χ1v) is 7.96. The number of piperidine rings is 1. The highest BCUT2D eigenvalue weighted by molar-refractivity contribution is 6.08. The van der Waals surface area contributed by atoms with Crippen LogP contribution in [0.25, 0.3) is 5.70 Å². The van der Waals surface area contributed by atoms with Crippen LogP contribution in [0.4, 0.5) is 0 Å². The molecule has 0 aromatic heterocycles. The molecule has 1 aliphatic heterocycles. The van der Waals surface area contributed by atoms with Gasteiger partial charge in [0.1, 0.15) is 0 Å². The fourth-order valence-electron chi connectivity index (χ4n) is 2.91. The normalized spacial score (nSPS) is 15.6. The third-order valence-electron chi connectivity index (χ3n) is 4.09. The van der Waals surface area contributed by atoms with Crippen LogP contribution in [0.3, 0.4) is 0 Å². The first-order valence-electron chi connectivity index (χ1n) is 7.96. The van der Waals surface area contributed by atoms with E-state index in [1.807, 2.05) is 48.5 Å². The summed E-state index contributed by atoms with van der Waals surface area (Å²) in [6.45, 7) is 2.06. The Labute approximate surface area is 132 Å². The SMILES string of the molecule is O=C(/C=C(/c1ccccc1)N1CCCCC1)c1ccccc1. The zero-order valence-electron chi connectivity index (χ0n) is 12.7. The van der Waals surface area contributed by atoms with Crippen molar-refractivity contribution >= 4 is 11.5 Å². The fourth-order valence-corrected chi connectivity index (χ4v) is 2.91. The van der Waals surface area contributed by atoms with Crippen molar-refractivity contribution in [1.29, 1.82) is 0 Å². The van der Waals surface area contributed by atoms with E-state index in [4.69, 9.17) is 0 Å². The first-order chi connectivity index (χ1) is 10.8. The summed E-state index contributed by atoms with van der Waals surface area (Å²) in [5, 5.41) is 0. The van der Waals surface area contributed by atoms with Crippen molar-refractivity contribution in [3.8, 4) is 0 Å². The molecule has 0 spiro atoms. The molecule has 2 aromatic rings. The van der Waals surface area contributed by atoms with Crippen LogP contribution in [0.5, 0.6) is 0 Å². The van der Waals surface area contributed by atoms with Crippen molar-refractivity contribution in [3.05, 3.63) is 77.9 Å². The average molecular weight is 291 g/mol. The van der Waals surface area contributed by atoms with Gasteiger partial charge in [-0.05, 0) is 24.8 Å². The van der Waals surface area contributed by atoms with E-state index in [0.717, 1.165) is 29.9 Å². The molecule has 2 heteroatoms. The van der Waals surface area contributed by atoms with Crippen molar-refractivity contribution in [2.45, 2.75) is 19.3 Å². The van der Waals surface area contributed by atoms with Gasteiger partial charge in [0, 0.05) is 30.4 Å². The van der Waals surface area contributed by atoms with Gasteiger partial charge in [-0.25, -0.2) is 0 Å². The summed E-state index contributed by atoms with van der Waals surface area (Å²) in [5.41, 5.74) is 2.91. The van der Waals surface area contributed by atoms with Gasteiger partial charge >= 0.3 is 0 Å². The van der Waals surface area contributed by atoms with Crippen LogP contribution in [0, 0.1) is 0 Å². The van der Waals surface area contributed by atoms with E-state index in [1.54, 1.807) is 6.08 Å². The van der Waals surface area contributed by atoms with Crippen LogP contribution in [-0.2, 0) is 0 Å². The molecule has 3 rings (SSSR count). The van der Waals surface area contributed by atoms with Crippen LogP contribution < -0.4 is 0 Å². The lowest BCUT2D eigenvalue weighted by Crippen LogP contribution is -2.28. The lowest BCUT2D eigenvalue weighted by Gasteiger charge is -2.31. The second-order valence-electron chi connectivity index (χ2n) is 5.67. The second-order valence-corrected chi connectivity index (χ2v) is 5.67. The largest absolute Gasteiger partial charge is 0.371 e. The number of likely N-dealkylation sites (tertiary alicyclic amines) is 1. The van der Waals surface area contributed by atoms with E-state index < -0.39 is 0 Å². The van der Waals surface area contributed by atoms with Crippen molar-refractivity contribution in [3.63, 3.8) is 0 Å². The Bertz CT molecular complexity index is 640. The molecule has 0 unspecified atom stereocenters. The minimum absolute atomic E-state index is 0.0741. The summed E-state index contributed by atoms with van der Waals surface area (Å²) in [6, 6.07) is 19.7. The maximum Gasteiger partial charge on any atom is 0.187 e. The number of carbonyl (C=O) groups is 1. The molecular formula is C20H21NO. The molecular weight excluding hydrogens is 270 g/mol. The van der Waals surface area contributed by atoms with E-state index >= 15 is 0 Å². The summed E-state index contributed by atoms with van der Waals surface area (Å²) < 4.78 is 0. The van der Waals surface area contributed by atoms with Gasteiger partial charge in [-0.1, -0.05) is 60.7 Å². The molecule has 0 bridgehead atoms. The summed E-state index contributed by atoms with van der Waals surface area (Å²) >= 11 is 0. The molecule has 22 heavy (non-hydrogen) atoms. The Morgan fingerprint density at radius 1 is 0.773 bits per heavy atom. The summed E-state index contributed by atoms with van der Waals surface area (Å²) in [6.07, 6.45) is 5.48. The van der Waals surface area contributed by atoms with Crippen LogP contribution >= 0.6 is 0 Å². The van der Waals surface area contributed by atoms with Crippen LogP contribution in [0.2, 0.25) is 0 Å². The van der Waals surface area contributed by atoms with Gasteiger partial charge in [-0.3, -0.25) is 4.79 Å². The summed E-state index contributed by atoms with van der Waals surface area (Å²) in [7, 11) is 0. The van der Waals surface area contributed by atoms with Crippen LogP contribution in [0.15, 0.2) is 66.7 Å². The van der Waals surface area contributed by atoms with Gasteiger partial charge in [-0.2, -0.15) is 0 Å². The van der Waals surface area contributed by atoms with Crippen molar-refractivity contribution in [1.82, 2.24) is 4.90 Å². The number of carbonyl (C=O) groups excluding carboxylic acids is 1. The Balaban J connectivity index is 1.94. The fraction of sp³-hybridized carbons (Fsp3) is 0.250. The average Bonchev–Trinajstić information content (AvgIpc) is 2.62. The smallest absolute Gasteiger partial charge is 0.187 e. The number of ketones is 1. The summed E-state index contributed by atoms with van der Waals surface area (Å²) in [5.74, 6) is 0.0741. The highest BCUT2D eigenvalue weighted by Crippen LogP contribution is 2.24. The molecule has 2 aromatic carbocycles. The Hall–Kier alpha value is -2.35. The lowest BCUT2D eigenvalue weighted by molar-refractivity contribution is 0.104. The Morgan fingerprint density at radius 3 is 1.91 bits per heavy atom. The van der Waals surface area contributed by atoms with Crippen LogP contribution in [-0.4, -0.2) is 23.8 Å². The molecule has 1 fully saturated rings. The maximum absolute atomic E-state index is 12.6. The van der Waals surface area contributed by atoms with Gasteiger partial charge in [0.2, 0.25) is 0 Å². The number of hydrogen-bond acceptors (Lipinski definition) is 2. The topological polar surface area (TPSA) is 20.3 Å². The Morgan fingerprint density at radius 2 is 1.32 bits per heavy atom. The summed E-state index contributed by atoms with van der Waals surface area (Å²) in [4.78, 5) is 14.9. The van der Waals surface area contributed by atoms with Crippen LogP contribution in [0.1, 0.15) is 35.2 Å². The number of hydrogen-bond donors (Lipinski definition) is 0. The first kappa shape index (κ1) is 14.6. The third kappa shape index (κ3) is 3.45. The zero-order valence-corrected chi connectivity index (χ0v) is 12.7. The minimum atomic E-state index is 0.0741. The van der Waals surface area contributed by atoms with Crippen molar-refractivity contribution < 1.29 is 4.79 Å². The lowest BCUT2D eigenvalue weighted by atomic mass is 10.0. The minimum Gasteiger partial charge on any atom is -0.371 e. The second kappa shape index (κ2) is 7.08. The van der Waals surface area contributed by atoms with E-state index in [0.29, 0.717) is 0 Å². The number of nitrogens with zero attached hydrogens (tertiary/aromatic N) is 1. The Kier molecular flexibility index (Phi) is 4.69. The molecule has 0 aliphatic carbocycles. The van der Waals surface area contributed by atoms with Crippen molar-refractivity contribution in [2.75, 3.05) is 13.1 Å². The van der Waals surface area contributed by atoms with E-state index in [9.17, 15) is 4.79 Å². The number of benzene rings is 2. The third-order valence-corrected chi connectivity index (χ3v) is 4.09. The zero-order chi connectivity index (χ0) is 15.2. The predicted octanol–water partition coefficient (Wildman–Crippen LogP) is 4.40. The molecule has 112 valence electrons. The molecule has 0 amide bonds. The van der Waals surface area contributed by atoms with Gasteiger partial charge in [0.15, 0.2) is 5.78 Å². The molecule has 1 saturated heterocycles. The highest BCUT2D eigenvalue weighted by atomic mass is 16.1. The molecule has 0 atom stereocenters. The van der Waals surface area contributed by atoms with Crippen molar-refractivity contribution in [2.24, 2.45) is 0 Å².